The Hall–Kier alpha value is -1.31. The van der Waals surface area contributed by atoms with Crippen molar-refractivity contribution in [3.8, 4) is 0 Å². The van der Waals surface area contributed by atoms with E-state index in [4.69, 9.17) is 0 Å². The molecule has 1 aromatic carbocycles. The van der Waals surface area contributed by atoms with Crippen LogP contribution in [0.25, 0.3) is 0 Å². The lowest BCUT2D eigenvalue weighted by molar-refractivity contribution is 0.0643. The third-order valence-electron chi connectivity index (χ3n) is 3.35. The van der Waals surface area contributed by atoms with Gasteiger partial charge in [-0.3, -0.25) is 4.79 Å². The summed E-state index contributed by atoms with van der Waals surface area (Å²) in [6.07, 6.45) is 0. The van der Waals surface area contributed by atoms with Gasteiger partial charge in [-0.05, 0) is 50.8 Å². The van der Waals surface area contributed by atoms with Gasteiger partial charge < -0.3 is 4.90 Å². The van der Waals surface area contributed by atoms with Crippen LogP contribution in [-0.4, -0.2) is 22.9 Å². The first-order valence-electron chi connectivity index (χ1n) is 7.07. The third kappa shape index (κ3) is 3.82. The van der Waals surface area contributed by atoms with Crippen molar-refractivity contribution in [3.63, 3.8) is 0 Å². The van der Waals surface area contributed by atoms with Gasteiger partial charge in [0.05, 0.1) is 0 Å². The zero-order valence-electron chi connectivity index (χ0n) is 13.3. The number of nitrogens with zero attached hydrogens (tertiary/aromatic N) is 1. The average molecular weight is 261 g/mol. The molecule has 0 saturated heterocycles. The summed E-state index contributed by atoms with van der Waals surface area (Å²) in [6, 6.07) is 8.45. The van der Waals surface area contributed by atoms with Gasteiger partial charge in [0.2, 0.25) is 0 Å². The minimum Gasteiger partial charge on any atom is -0.334 e. The molecule has 0 spiro atoms. The molecule has 1 aromatic rings. The molecule has 2 nitrogen and oxygen atoms in total. The summed E-state index contributed by atoms with van der Waals surface area (Å²) >= 11 is 0. The largest absolute Gasteiger partial charge is 0.334 e. The SMILES string of the molecule is CC(C)N(C(=O)c1ccc(C(C)(C)C)cc1)C(C)C. The highest BCUT2D eigenvalue weighted by Gasteiger charge is 2.22. The van der Waals surface area contributed by atoms with Crippen molar-refractivity contribution < 1.29 is 4.79 Å². The van der Waals surface area contributed by atoms with E-state index in [0.29, 0.717) is 0 Å². The Balaban J connectivity index is 3.01. The van der Waals surface area contributed by atoms with E-state index in [2.05, 4.69) is 60.6 Å². The molecule has 0 unspecified atom stereocenters. The summed E-state index contributed by atoms with van der Waals surface area (Å²) in [5.74, 6) is 0.116. The molecule has 1 rings (SSSR count). The van der Waals surface area contributed by atoms with Crippen molar-refractivity contribution in [1.29, 1.82) is 0 Å². The Labute approximate surface area is 117 Å². The third-order valence-corrected chi connectivity index (χ3v) is 3.35. The van der Waals surface area contributed by atoms with Crippen molar-refractivity contribution >= 4 is 5.91 Å². The van der Waals surface area contributed by atoms with Gasteiger partial charge in [0.25, 0.3) is 5.91 Å². The maximum absolute atomic E-state index is 12.5. The Morgan fingerprint density at radius 1 is 0.947 bits per heavy atom. The molecule has 2 heteroatoms. The summed E-state index contributed by atoms with van der Waals surface area (Å²) in [7, 11) is 0. The highest BCUT2D eigenvalue weighted by atomic mass is 16.2. The van der Waals surface area contributed by atoms with E-state index in [9.17, 15) is 4.79 Å². The molecule has 0 radical (unpaired) electrons. The van der Waals surface area contributed by atoms with E-state index in [-0.39, 0.29) is 23.4 Å². The van der Waals surface area contributed by atoms with E-state index in [1.165, 1.54) is 5.56 Å². The molecule has 0 aliphatic rings. The van der Waals surface area contributed by atoms with Gasteiger partial charge in [-0.25, -0.2) is 0 Å². The van der Waals surface area contributed by atoms with Crippen LogP contribution < -0.4 is 0 Å². The van der Waals surface area contributed by atoms with E-state index in [1.807, 2.05) is 17.0 Å². The molecule has 0 bridgehead atoms. The van der Waals surface area contributed by atoms with Crippen LogP contribution in [0.4, 0.5) is 0 Å². The number of hydrogen-bond acceptors (Lipinski definition) is 1. The summed E-state index contributed by atoms with van der Waals surface area (Å²) in [4.78, 5) is 14.4. The van der Waals surface area contributed by atoms with E-state index < -0.39 is 0 Å². The smallest absolute Gasteiger partial charge is 0.254 e. The summed E-state index contributed by atoms with van der Waals surface area (Å²) in [5.41, 5.74) is 2.15. The van der Waals surface area contributed by atoms with Crippen molar-refractivity contribution in [1.82, 2.24) is 4.90 Å². The fourth-order valence-corrected chi connectivity index (χ4v) is 2.33. The maximum Gasteiger partial charge on any atom is 0.254 e. The second kappa shape index (κ2) is 5.77. The van der Waals surface area contributed by atoms with Crippen molar-refractivity contribution in [3.05, 3.63) is 35.4 Å². The topological polar surface area (TPSA) is 20.3 Å². The highest BCUT2D eigenvalue weighted by Crippen LogP contribution is 2.23. The fraction of sp³-hybridized carbons (Fsp3) is 0.588. The number of carbonyl (C=O) groups excluding carboxylic acids is 1. The molecule has 0 N–H and O–H groups in total. The molecule has 106 valence electrons. The van der Waals surface area contributed by atoms with Crippen LogP contribution in [-0.2, 0) is 5.41 Å². The molecule has 1 amide bonds. The zero-order chi connectivity index (χ0) is 14.8. The standard InChI is InChI=1S/C17H27NO/c1-12(2)18(13(3)4)16(19)14-8-10-15(11-9-14)17(5,6)7/h8-13H,1-7H3. The maximum atomic E-state index is 12.5. The Morgan fingerprint density at radius 3 is 1.68 bits per heavy atom. The zero-order valence-corrected chi connectivity index (χ0v) is 13.3. The fourth-order valence-electron chi connectivity index (χ4n) is 2.33. The molecule has 0 saturated carbocycles. The normalized spacial score (nSPS) is 12.1. The van der Waals surface area contributed by atoms with Crippen LogP contribution in [0.5, 0.6) is 0 Å². The Morgan fingerprint density at radius 2 is 1.37 bits per heavy atom. The van der Waals surface area contributed by atoms with Gasteiger partial charge in [-0.1, -0.05) is 32.9 Å². The second-order valence-corrected chi connectivity index (χ2v) is 6.73. The number of benzene rings is 1. The lowest BCUT2D eigenvalue weighted by Gasteiger charge is -2.31. The first-order valence-corrected chi connectivity index (χ1v) is 7.07. The van der Waals surface area contributed by atoms with E-state index >= 15 is 0 Å². The van der Waals surface area contributed by atoms with Gasteiger partial charge in [-0.2, -0.15) is 0 Å². The van der Waals surface area contributed by atoms with Gasteiger partial charge in [0, 0.05) is 17.6 Å². The lowest BCUT2D eigenvalue weighted by Crippen LogP contribution is -2.42. The molecule has 0 atom stereocenters. The lowest BCUT2D eigenvalue weighted by atomic mass is 9.86. The predicted molar refractivity (Wildman–Crippen MR) is 81.6 cm³/mol. The van der Waals surface area contributed by atoms with Crippen molar-refractivity contribution in [2.75, 3.05) is 0 Å². The first kappa shape index (κ1) is 15.7. The van der Waals surface area contributed by atoms with Crippen LogP contribution in [0.1, 0.15) is 64.4 Å². The summed E-state index contributed by atoms with van der Waals surface area (Å²) < 4.78 is 0. The van der Waals surface area contributed by atoms with Crippen LogP contribution in [0.3, 0.4) is 0 Å². The first-order chi connectivity index (χ1) is 8.64. The van der Waals surface area contributed by atoms with Gasteiger partial charge >= 0.3 is 0 Å². The molecule has 19 heavy (non-hydrogen) atoms. The van der Waals surface area contributed by atoms with Crippen molar-refractivity contribution in [2.24, 2.45) is 0 Å². The Kier molecular flexibility index (Phi) is 4.78. The highest BCUT2D eigenvalue weighted by molar-refractivity contribution is 5.94. The van der Waals surface area contributed by atoms with Crippen molar-refractivity contribution in [2.45, 2.75) is 66.0 Å². The minimum absolute atomic E-state index is 0.116. The molecule has 0 aliphatic carbocycles. The number of carbonyl (C=O) groups is 1. The molecule has 0 fully saturated rings. The molecular weight excluding hydrogens is 234 g/mol. The number of hydrogen-bond donors (Lipinski definition) is 0. The van der Waals surface area contributed by atoms with Crippen LogP contribution in [0.2, 0.25) is 0 Å². The quantitative estimate of drug-likeness (QED) is 0.797. The average Bonchev–Trinajstić information content (AvgIpc) is 2.27. The molecule has 0 aromatic heterocycles. The van der Waals surface area contributed by atoms with Gasteiger partial charge in [-0.15, -0.1) is 0 Å². The van der Waals surface area contributed by atoms with Gasteiger partial charge in [0.15, 0.2) is 0 Å². The molecule has 0 heterocycles. The summed E-state index contributed by atoms with van der Waals surface area (Å²) in [6.45, 7) is 14.8. The van der Waals surface area contributed by atoms with E-state index in [0.717, 1.165) is 5.56 Å². The molecule has 0 aliphatic heterocycles. The van der Waals surface area contributed by atoms with Gasteiger partial charge in [0.1, 0.15) is 0 Å². The monoisotopic (exact) mass is 261 g/mol. The van der Waals surface area contributed by atoms with Crippen LogP contribution in [0.15, 0.2) is 24.3 Å². The van der Waals surface area contributed by atoms with Crippen LogP contribution >= 0.6 is 0 Å². The number of rotatable bonds is 3. The second-order valence-electron chi connectivity index (χ2n) is 6.73. The minimum atomic E-state index is 0.116. The summed E-state index contributed by atoms with van der Waals surface area (Å²) in [5, 5.41) is 0. The van der Waals surface area contributed by atoms with Crippen LogP contribution in [0, 0.1) is 0 Å². The van der Waals surface area contributed by atoms with E-state index in [1.54, 1.807) is 0 Å². The number of amides is 1. The Bertz CT molecular complexity index is 416. The molecular formula is C17H27NO. The predicted octanol–water partition coefficient (Wildman–Crippen LogP) is 4.24.